The summed E-state index contributed by atoms with van der Waals surface area (Å²) in [6.45, 7) is 2.55. The van der Waals surface area contributed by atoms with Gasteiger partial charge in [0.1, 0.15) is 0 Å². The first-order valence-electron chi connectivity index (χ1n) is 3.16. The third-order valence-corrected chi connectivity index (χ3v) is 1.52. The van der Waals surface area contributed by atoms with Crippen LogP contribution in [0.2, 0.25) is 0 Å². The molecule has 0 amide bonds. The van der Waals surface area contributed by atoms with Gasteiger partial charge in [0.2, 0.25) is 0 Å². The summed E-state index contributed by atoms with van der Waals surface area (Å²) in [5, 5.41) is 0. The number of hydrogen-bond acceptors (Lipinski definition) is 2. The molecule has 0 bridgehead atoms. The van der Waals surface area contributed by atoms with Gasteiger partial charge in [-0.05, 0) is 6.42 Å². The van der Waals surface area contributed by atoms with Gasteiger partial charge in [0, 0.05) is 6.08 Å². The number of hydrogen-bond donors (Lipinski definition) is 0. The highest BCUT2D eigenvalue weighted by Gasteiger charge is 2.16. The van der Waals surface area contributed by atoms with E-state index in [1.165, 1.54) is 12.3 Å². The highest BCUT2D eigenvalue weighted by Crippen LogP contribution is 2.09. The van der Waals surface area contributed by atoms with E-state index in [1.54, 1.807) is 0 Å². The zero-order chi connectivity index (χ0) is 6.69. The predicted molar refractivity (Wildman–Crippen MR) is 33.9 cm³/mol. The molecule has 2 heteroatoms. The summed E-state index contributed by atoms with van der Waals surface area (Å²) in [4.78, 5) is 10.9. The van der Waals surface area contributed by atoms with Gasteiger partial charge in [-0.25, -0.2) is 0 Å². The molecule has 1 heterocycles. The van der Waals surface area contributed by atoms with E-state index in [0.29, 0.717) is 6.61 Å². The smallest absolute Gasteiger partial charge is 0.165 e. The normalized spacial score (nSPS) is 25.9. The number of rotatable bonds is 1. The van der Waals surface area contributed by atoms with E-state index in [1.807, 2.05) is 6.92 Å². The number of carbonyl (C=O) groups is 1. The van der Waals surface area contributed by atoms with Gasteiger partial charge >= 0.3 is 0 Å². The van der Waals surface area contributed by atoms with Gasteiger partial charge in [-0.3, -0.25) is 4.79 Å². The Hall–Kier alpha value is -0.790. The van der Waals surface area contributed by atoms with Crippen LogP contribution in [0.4, 0.5) is 0 Å². The van der Waals surface area contributed by atoms with Crippen molar-refractivity contribution in [2.75, 3.05) is 6.61 Å². The van der Waals surface area contributed by atoms with Crippen molar-refractivity contribution in [1.82, 2.24) is 0 Å². The zero-order valence-electron chi connectivity index (χ0n) is 5.46. The van der Waals surface area contributed by atoms with Gasteiger partial charge in [0.25, 0.3) is 0 Å². The predicted octanol–water partition coefficient (Wildman–Crippen LogP) is 1.13. The Labute approximate surface area is 54.5 Å². The van der Waals surface area contributed by atoms with Crippen LogP contribution in [0.1, 0.15) is 13.3 Å². The molecule has 0 saturated carbocycles. The van der Waals surface area contributed by atoms with Crippen molar-refractivity contribution in [3.63, 3.8) is 0 Å². The number of allylic oxidation sites excluding steroid dienone is 1. The standard InChI is InChI=1S/C7H10O2/c1-2-6-5-9-4-3-7(6)8/h3-4,6H,2,5H2,1H3. The molecule has 0 aliphatic carbocycles. The minimum absolute atomic E-state index is 0.106. The minimum Gasteiger partial charge on any atom is -0.500 e. The summed E-state index contributed by atoms with van der Waals surface area (Å²) >= 11 is 0. The summed E-state index contributed by atoms with van der Waals surface area (Å²) in [6, 6.07) is 0. The molecule has 0 aromatic heterocycles. The number of ether oxygens (including phenoxy) is 1. The van der Waals surface area contributed by atoms with Crippen molar-refractivity contribution in [2.45, 2.75) is 13.3 Å². The molecular weight excluding hydrogens is 116 g/mol. The highest BCUT2D eigenvalue weighted by molar-refractivity contribution is 5.92. The molecule has 1 unspecified atom stereocenters. The van der Waals surface area contributed by atoms with Crippen LogP contribution in [0.3, 0.4) is 0 Å². The second-order valence-corrected chi connectivity index (χ2v) is 2.14. The Bertz CT molecular complexity index is 138. The average molecular weight is 126 g/mol. The second-order valence-electron chi connectivity index (χ2n) is 2.14. The molecule has 0 aromatic carbocycles. The molecule has 1 atom stereocenters. The summed E-state index contributed by atoms with van der Waals surface area (Å²) in [6.07, 6.45) is 3.84. The molecule has 0 fully saturated rings. The molecule has 1 aliphatic rings. The molecule has 2 nitrogen and oxygen atoms in total. The molecule has 1 rings (SSSR count). The van der Waals surface area contributed by atoms with Crippen LogP contribution in [0, 0.1) is 5.92 Å². The zero-order valence-corrected chi connectivity index (χ0v) is 5.46. The summed E-state index contributed by atoms with van der Waals surface area (Å²) in [5.74, 6) is 0.304. The van der Waals surface area contributed by atoms with E-state index in [9.17, 15) is 4.79 Å². The molecular formula is C7H10O2. The van der Waals surface area contributed by atoms with Crippen LogP contribution in [0.5, 0.6) is 0 Å². The van der Waals surface area contributed by atoms with Gasteiger partial charge in [-0.15, -0.1) is 0 Å². The van der Waals surface area contributed by atoms with Crippen molar-refractivity contribution in [1.29, 1.82) is 0 Å². The van der Waals surface area contributed by atoms with Gasteiger partial charge in [0.05, 0.1) is 18.8 Å². The van der Waals surface area contributed by atoms with Crippen LogP contribution >= 0.6 is 0 Å². The first-order chi connectivity index (χ1) is 4.34. The summed E-state index contributed by atoms with van der Waals surface area (Å²) in [7, 11) is 0. The highest BCUT2D eigenvalue weighted by atomic mass is 16.5. The lowest BCUT2D eigenvalue weighted by Gasteiger charge is -2.14. The van der Waals surface area contributed by atoms with E-state index < -0.39 is 0 Å². The SMILES string of the molecule is CCC1COC=CC1=O. The topological polar surface area (TPSA) is 26.3 Å². The fraction of sp³-hybridized carbons (Fsp3) is 0.571. The molecule has 1 aliphatic heterocycles. The van der Waals surface area contributed by atoms with E-state index in [4.69, 9.17) is 4.74 Å². The van der Waals surface area contributed by atoms with Crippen LogP contribution in [-0.4, -0.2) is 12.4 Å². The van der Waals surface area contributed by atoms with Gasteiger partial charge in [-0.1, -0.05) is 6.92 Å². The van der Waals surface area contributed by atoms with Crippen molar-refractivity contribution in [3.8, 4) is 0 Å². The van der Waals surface area contributed by atoms with Gasteiger partial charge in [-0.2, -0.15) is 0 Å². The van der Waals surface area contributed by atoms with Gasteiger partial charge in [0.15, 0.2) is 5.78 Å². The Kier molecular flexibility index (Phi) is 1.88. The number of ketones is 1. The first kappa shape index (κ1) is 6.33. The largest absolute Gasteiger partial charge is 0.500 e. The van der Waals surface area contributed by atoms with Crippen LogP contribution < -0.4 is 0 Å². The number of carbonyl (C=O) groups excluding carboxylic acids is 1. The van der Waals surface area contributed by atoms with E-state index in [0.717, 1.165) is 6.42 Å². The molecule has 0 spiro atoms. The summed E-state index contributed by atoms with van der Waals surface area (Å²) in [5.41, 5.74) is 0. The monoisotopic (exact) mass is 126 g/mol. The third-order valence-electron chi connectivity index (χ3n) is 1.52. The Balaban J connectivity index is 2.55. The van der Waals surface area contributed by atoms with Crippen LogP contribution in [0.15, 0.2) is 12.3 Å². The van der Waals surface area contributed by atoms with Crippen molar-refractivity contribution in [2.24, 2.45) is 5.92 Å². The molecule has 50 valence electrons. The lowest BCUT2D eigenvalue weighted by atomic mass is 10.0. The molecule has 9 heavy (non-hydrogen) atoms. The van der Waals surface area contributed by atoms with Crippen LogP contribution in [-0.2, 0) is 9.53 Å². The Morgan fingerprint density at radius 1 is 1.89 bits per heavy atom. The lowest BCUT2D eigenvalue weighted by molar-refractivity contribution is -0.120. The third kappa shape index (κ3) is 1.31. The van der Waals surface area contributed by atoms with E-state index in [2.05, 4.69) is 0 Å². The van der Waals surface area contributed by atoms with Crippen LogP contribution in [0.25, 0.3) is 0 Å². The Morgan fingerprint density at radius 2 is 2.67 bits per heavy atom. The van der Waals surface area contributed by atoms with Crippen molar-refractivity contribution < 1.29 is 9.53 Å². The fourth-order valence-electron chi connectivity index (χ4n) is 0.824. The maximum atomic E-state index is 10.9. The van der Waals surface area contributed by atoms with Gasteiger partial charge < -0.3 is 4.74 Å². The minimum atomic E-state index is 0.106. The average Bonchev–Trinajstić information content (AvgIpc) is 1.89. The summed E-state index contributed by atoms with van der Waals surface area (Å²) < 4.78 is 4.94. The second kappa shape index (κ2) is 2.67. The first-order valence-corrected chi connectivity index (χ1v) is 3.16. The molecule has 0 saturated heterocycles. The van der Waals surface area contributed by atoms with E-state index >= 15 is 0 Å². The Morgan fingerprint density at radius 3 is 3.11 bits per heavy atom. The molecule has 0 aromatic rings. The fourth-order valence-corrected chi connectivity index (χ4v) is 0.824. The maximum Gasteiger partial charge on any atom is 0.165 e. The molecule has 0 radical (unpaired) electrons. The van der Waals surface area contributed by atoms with Crippen molar-refractivity contribution >= 4 is 5.78 Å². The van der Waals surface area contributed by atoms with E-state index in [-0.39, 0.29) is 11.7 Å². The maximum absolute atomic E-state index is 10.9. The molecule has 0 N–H and O–H groups in total. The van der Waals surface area contributed by atoms with Crippen molar-refractivity contribution in [3.05, 3.63) is 12.3 Å². The lowest BCUT2D eigenvalue weighted by Crippen LogP contribution is -2.19. The quantitative estimate of drug-likeness (QED) is 0.526.